The normalized spacial score (nSPS) is 11.8. The number of rotatable bonds is 12. The second-order valence-corrected chi connectivity index (χ2v) is 7.83. The molecule has 0 bridgehead atoms. The Morgan fingerprint density at radius 2 is 1.00 bits per heavy atom. The Morgan fingerprint density at radius 1 is 0.680 bits per heavy atom. The summed E-state index contributed by atoms with van der Waals surface area (Å²) < 4.78 is 13.7. The summed E-state index contributed by atoms with van der Waals surface area (Å²) in [4.78, 5) is 0. The number of quaternary nitrogens is 2. The van der Waals surface area contributed by atoms with Crippen LogP contribution in [-0.2, 0) is 0 Å². The van der Waals surface area contributed by atoms with Gasteiger partial charge in [0.1, 0.15) is 11.5 Å². The first kappa shape index (κ1) is 24.5. The molecular formula is C20H38IN2O2+. The van der Waals surface area contributed by atoms with Crippen LogP contribution in [-0.4, -0.2) is 76.5 Å². The van der Waals surface area contributed by atoms with Crippen LogP contribution in [0.1, 0.15) is 26.7 Å². The van der Waals surface area contributed by atoms with E-state index >= 15 is 0 Å². The first-order chi connectivity index (χ1) is 11.3. The standard InChI is InChI=1S/C20H38N2O2.HI/c1-7-21(3,4)15-9-17-23-19-11-13-20(14-12-19)24-18-10-16-22(5,6)8-2;/h11-14H,7-10,15-18H2,1-6H3;1H/q+2;/p-1. The summed E-state index contributed by atoms with van der Waals surface area (Å²) >= 11 is 0. The van der Waals surface area contributed by atoms with Crippen LogP contribution in [0.25, 0.3) is 0 Å². The molecule has 0 aliphatic carbocycles. The van der Waals surface area contributed by atoms with Gasteiger partial charge in [0.15, 0.2) is 0 Å². The van der Waals surface area contributed by atoms with Crippen molar-refractivity contribution < 1.29 is 42.4 Å². The summed E-state index contributed by atoms with van der Waals surface area (Å²) in [6.45, 7) is 10.6. The second kappa shape index (κ2) is 12.0. The van der Waals surface area contributed by atoms with E-state index in [1.165, 1.54) is 0 Å². The van der Waals surface area contributed by atoms with E-state index < -0.39 is 0 Å². The van der Waals surface area contributed by atoms with Crippen LogP contribution < -0.4 is 33.5 Å². The monoisotopic (exact) mass is 465 g/mol. The topological polar surface area (TPSA) is 18.5 Å². The van der Waals surface area contributed by atoms with Crippen LogP contribution in [0.15, 0.2) is 24.3 Å². The van der Waals surface area contributed by atoms with Crippen molar-refractivity contribution in [1.29, 1.82) is 0 Å². The van der Waals surface area contributed by atoms with E-state index in [0.29, 0.717) is 0 Å². The lowest BCUT2D eigenvalue weighted by atomic mass is 10.3. The zero-order valence-corrected chi connectivity index (χ0v) is 19.2. The zero-order valence-electron chi connectivity index (χ0n) is 17.1. The quantitative estimate of drug-likeness (QED) is 0.253. The summed E-state index contributed by atoms with van der Waals surface area (Å²) in [7, 11) is 9.03. The lowest BCUT2D eigenvalue weighted by Gasteiger charge is -2.28. The Kier molecular flexibility index (Phi) is 11.7. The Hall–Kier alpha value is -0.530. The summed E-state index contributed by atoms with van der Waals surface area (Å²) in [5.74, 6) is 1.85. The number of hydrogen-bond acceptors (Lipinski definition) is 2. The number of benzene rings is 1. The molecule has 1 aromatic carbocycles. The minimum Gasteiger partial charge on any atom is -1.00 e. The van der Waals surface area contributed by atoms with Gasteiger partial charge in [0, 0.05) is 12.8 Å². The van der Waals surface area contributed by atoms with Crippen LogP contribution in [0.3, 0.4) is 0 Å². The molecule has 0 radical (unpaired) electrons. The third kappa shape index (κ3) is 10.9. The zero-order chi connectivity index (χ0) is 18.1. The van der Waals surface area contributed by atoms with Crippen LogP contribution in [0, 0.1) is 0 Å². The van der Waals surface area contributed by atoms with Crippen LogP contribution in [0.5, 0.6) is 11.5 Å². The van der Waals surface area contributed by atoms with Crippen molar-refractivity contribution in [2.75, 3.05) is 67.6 Å². The lowest BCUT2D eigenvalue weighted by Crippen LogP contribution is -3.00. The molecule has 0 amide bonds. The minimum absolute atomic E-state index is 0. The molecule has 1 rings (SSSR count). The Bertz CT molecular complexity index is 418. The maximum atomic E-state index is 5.82. The number of hydrogen-bond donors (Lipinski definition) is 0. The Morgan fingerprint density at radius 3 is 1.28 bits per heavy atom. The summed E-state index contributed by atoms with van der Waals surface area (Å²) in [6.07, 6.45) is 2.15. The molecule has 0 saturated heterocycles. The highest BCUT2D eigenvalue weighted by Crippen LogP contribution is 2.18. The van der Waals surface area contributed by atoms with E-state index in [0.717, 1.165) is 72.7 Å². The van der Waals surface area contributed by atoms with Crippen molar-refractivity contribution in [2.24, 2.45) is 0 Å². The molecule has 0 unspecified atom stereocenters. The lowest BCUT2D eigenvalue weighted by molar-refractivity contribution is -0.888. The fraction of sp³-hybridized carbons (Fsp3) is 0.700. The molecule has 5 heteroatoms. The van der Waals surface area contributed by atoms with Crippen LogP contribution in [0.4, 0.5) is 0 Å². The van der Waals surface area contributed by atoms with Crippen LogP contribution in [0.2, 0.25) is 0 Å². The maximum absolute atomic E-state index is 5.82. The molecule has 0 heterocycles. The van der Waals surface area contributed by atoms with Gasteiger partial charge in [-0.2, -0.15) is 0 Å². The molecule has 0 aromatic heterocycles. The molecule has 1 aromatic rings. The second-order valence-electron chi connectivity index (χ2n) is 7.83. The van der Waals surface area contributed by atoms with Gasteiger partial charge in [0.05, 0.1) is 67.6 Å². The van der Waals surface area contributed by atoms with Gasteiger partial charge in [-0.25, -0.2) is 0 Å². The SMILES string of the molecule is CC[N+](C)(C)CCCOc1ccc(OCCC[N+](C)(C)CC)cc1.[I-]. The van der Waals surface area contributed by atoms with E-state index in [-0.39, 0.29) is 24.0 Å². The minimum atomic E-state index is 0. The third-order valence-electron chi connectivity index (χ3n) is 4.89. The molecule has 146 valence electrons. The summed E-state index contributed by atoms with van der Waals surface area (Å²) in [5, 5.41) is 0. The van der Waals surface area contributed by atoms with E-state index in [2.05, 4.69) is 42.0 Å². The van der Waals surface area contributed by atoms with Crippen molar-refractivity contribution in [3.8, 4) is 11.5 Å². The van der Waals surface area contributed by atoms with E-state index in [9.17, 15) is 0 Å². The predicted molar refractivity (Wildman–Crippen MR) is 102 cm³/mol. The maximum Gasteiger partial charge on any atom is 0.119 e. The molecule has 0 N–H and O–H groups in total. The number of ether oxygens (including phenoxy) is 2. The molecule has 4 nitrogen and oxygen atoms in total. The largest absolute Gasteiger partial charge is 1.00 e. The molecule has 0 aliphatic heterocycles. The molecule has 0 fully saturated rings. The first-order valence-corrected chi connectivity index (χ1v) is 9.27. The van der Waals surface area contributed by atoms with Gasteiger partial charge in [0.2, 0.25) is 0 Å². The average Bonchev–Trinajstić information content (AvgIpc) is 2.57. The van der Waals surface area contributed by atoms with Crippen molar-refractivity contribution in [1.82, 2.24) is 0 Å². The van der Waals surface area contributed by atoms with Gasteiger partial charge in [0.25, 0.3) is 0 Å². The molecule has 0 spiro atoms. The first-order valence-electron chi connectivity index (χ1n) is 9.27. The van der Waals surface area contributed by atoms with Gasteiger partial charge >= 0.3 is 0 Å². The Labute approximate surface area is 172 Å². The number of halogens is 1. The van der Waals surface area contributed by atoms with Gasteiger partial charge in [-0.05, 0) is 38.1 Å². The molecule has 25 heavy (non-hydrogen) atoms. The fourth-order valence-corrected chi connectivity index (χ4v) is 2.31. The third-order valence-corrected chi connectivity index (χ3v) is 4.89. The van der Waals surface area contributed by atoms with E-state index in [4.69, 9.17) is 9.47 Å². The van der Waals surface area contributed by atoms with Crippen molar-refractivity contribution in [3.63, 3.8) is 0 Å². The molecule has 0 aliphatic rings. The van der Waals surface area contributed by atoms with Gasteiger partial charge < -0.3 is 42.4 Å². The highest BCUT2D eigenvalue weighted by atomic mass is 127. The van der Waals surface area contributed by atoms with Gasteiger partial charge in [-0.3, -0.25) is 0 Å². The molecule has 0 saturated carbocycles. The van der Waals surface area contributed by atoms with Crippen molar-refractivity contribution >= 4 is 0 Å². The fourth-order valence-electron chi connectivity index (χ4n) is 2.31. The van der Waals surface area contributed by atoms with E-state index in [1.54, 1.807) is 0 Å². The molecule has 0 atom stereocenters. The van der Waals surface area contributed by atoms with Crippen molar-refractivity contribution in [2.45, 2.75) is 26.7 Å². The highest BCUT2D eigenvalue weighted by Gasteiger charge is 2.11. The van der Waals surface area contributed by atoms with Crippen molar-refractivity contribution in [3.05, 3.63) is 24.3 Å². The summed E-state index contributed by atoms with van der Waals surface area (Å²) in [6, 6.07) is 8.00. The Balaban J connectivity index is 0.00000576. The number of nitrogens with zero attached hydrogens (tertiary/aromatic N) is 2. The van der Waals surface area contributed by atoms with Gasteiger partial charge in [-0.15, -0.1) is 0 Å². The highest BCUT2D eigenvalue weighted by molar-refractivity contribution is 5.31. The average molecular weight is 465 g/mol. The molecular weight excluding hydrogens is 427 g/mol. The van der Waals surface area contributed by atoms with E-state index in [1.807, 2.05) is 24.3 Å². The smallest absolute Gasteiger partial charge is 0.119 e. The summed E-state index contributed by atoms with van der Waals surface area (Å²) in [5.41, 5.74) is 0. The van der Waals surface area contributed by atoms with Crippen LogP contribution >= 0.6 is 0 Å². The predicted octanol–water partition coefficient (Wildman–Crippen LogP) is 0.421. The van der Waals surface area contributed by atoms with Gasteiger partial charge in [-0.1, -0.05) is 0 Å².